The molecule has 128 valence electrons. The van der Waals surface area contributed by atoms with Crippen LogP contribution >= 0.6 is 24.8 Å². The Hall–Kier alpha value is -0.840. The number of aryl methyl sites for hydroxylation is 1. The molecule has 0 aromatic carbocycles. The highest BCUT2D eigenvalue weighted by Crippen LogP contribution is 2.69. The minimum Gasteiger partial charge on any atom is -0.333 e. The maximum absolute atomic E-state index is 13.0. The van der Waals surface area contributed by atoms with E-state index in [0.717, 1.165) is 51.1 Å². The van der Waals surface area contributed by atoms with Crippen LogP contribution in [0.25, 0.3) is 0 Å². The first-order chi connectivity index (χ1) is 10.0. The first-order valence-corrected chi connectivity index (χ1v) is 7.99. The summed E-state index contributed by atoms with van der Waals surface area (Å²) >= 11 is 0. The minimum absolute atomic E-state index is 0. The topological polar surface area (TPSA) is 45.2 Å². The van der Waals surface area contributed by atoms with Crippen molar-refractivity contribution in [3.63, 3.8) is 0 Å². The monoisotopic (exact) mass is 357 g/mol. The Balaban J connectivity index is 0.000000960. The lowest BCUT2D eigenvalue weighted by molar-refractivity contribution is -0.138. The van der Waals surface area contributed by atoms with E-state index in [4.69, 9.17) is 0 Å². The summed E-state index contributed by atoms with van der Waals surface area (Å²) in [5, 5.41) is 3.41. The lowest BCUT2D eigenvalue weighted by atomic mass is 9.85. The number of piperidine rings is 1. The zero-order chi connectivity index (χ0) is 14.7. The molecule has 3 aliphatic rings. The molecule has 1 spiro atoms. The second kappa shape index (κ2) is 6.23. The molecule has 1 aliphatic carbocycles. The summed E-state index contributed by atoms with van der Waals surface area (Å²) in [5.41, 5.74) is 3.69. The van der Waals surface area contributed by atoms with E-state index in [1.807, 2.05) is 18.0 Å². The highest BCUT2D eigenvalue weighted by Gasteiger charge is 2.68. The van der Waals surface area contributed by atoms with Crippen molar-refractivity contribution in [2.45, 2.75) is 46.2 Å². The molecule has 4 rings (SSSR count). The number of halogens is 2. The first kappa shape index (κ1) is 18.5. The molecule has 3 heterocycles. The van der Waals surface area contributed by atoms with Gasteiger partial charge in [-0.05, 0) is 61.9 Å². The van der Waals surface area contributed by atoms with Gasteiger partial charge in [-0.2, -0.15) is 0 Å². The molecule has 23 heavy (non-hydrogen) atoms. The number of rotatable bonds is 1. The van der Waals surface area contributed by atoms with Crippen LogP contribution in [0.15, 0.2) is 12.3 Å². The molecule has 0 bridgehead atoms. The maximum Gasteiger partial charge on any atom is 0.229 e. The molecule has 1 saturated carbocycles. The highest BCUT2D eigenvalue weighted by molar-refractivity contribution is 5.87. The molecule has 1 aromatic heterocycles. The summed E-state index contributed by atoms with van der Waals surface area (Å²) in [6.45, 7) is 7.83. The number of carbonyl (C=O) groups excluding carboxylic acids is 1. The third-order valence-electron chi connectivity index (χ3n) is 6.00. The van der Waals surface area contributed by atoms with E-state index in [1.54, 1.807) is 0 Å². The number of pyridine rings is 1. The van der Waals surface area contributed by atoms with Crippen molar-refractivity contribution in [1.82, 2.24) is 15.2 Å². The van der Waals surface area contributed by atoms with Gasteiger partial charge in [-0.15, -0.1) is 24.8 Å². The zero-order valence-electron chi connectivity index (χ0n) is 13.7. The second-order valence-electron chi connectivity index (χ2n) is 7.29. The molecular formula is C17H25Cl2N3O. The maximum atomic E-state index is 13.0. The Morgan fingerprint density at radius 1 is 1.22 bits per heavy atom. The van der Waals surface area contributed by atoms with Crippen molar-refractivity contribution in [2.24, 2.45) is 10.8 Å². The predicted molar refractivity (Wildman–Crippen MR) is 95.0 cm³/mol. The third kappa shape index (κ3) is 2.75. The second-order valence-corrected chi connectivity index (χ2v) is 7.29. The quantitative estimate of drug-likeness (QED) is 0.840. The fourth-order valence-electron chi connectivity index (χ4n) is 4.46. The van der Waals surface area contributed by atoms with Crippen LogP contribution in [0.5, 0.6) is 0 Å². The number of hydrogen-bond acceptors (Lipinski definition) is 3. The van der Waals surface area contributed by atoms with Crippen LogP contribution in [0.3, 0.4) is 0 Å². The average Bonchev–Trinajstić information content (AvgIpc) is 2.85. The van der Waals surface area contributed by atoms with Gasteiger partial charge in [-0.3, -0.25) is 9.78 Å². The largest absolute Gasteiger partial charge is 0.333 e. The van der Waals surface area contributed by atoms with E-state index in [2.05, 4.69) is 23.3 Å². The number of nitrogens with one attached hydrogen (secondary N) is 1. The van der Waals surface area contributed by atoms with Gasteiger partial charge in [0.25, 0.3) is 0 Å². The fraction of sp³-hybridized carbons (Fsp3) is 0.647. The Bertz CT molecular complexity index is 616. The van der Waals surface area contributed by atoms with E-state index >= 15 is 0 Å². The van der Waals surface area contributed by atoms with Gasteiger partial charge in [0.15, 0.2) is 0 Å². The highest BCUT2D eigenvalue weighted by atomic mass is 35.5. The van der Waals surface area contributed by atoms with E-state index in [9.17, 15) is 4.79 Å². The smallest absolute Gasteiger partial charge is 0.229 e. The molecule has 1 atom stereocenters. The van der Waals surface area contributed by atoms with Crippen molar-refractivity contribution in [2.75, 3.05) is 13.1 Å². The van der Waals surface area contributed by atoms with E-state index in [1.165, 1.54) is 11.1 Å². The summed E-state index contributed by atoms with van der Waals surface area (Å²) in [4.78, 5) is 19.4. The normalized spacial score (nSPS) is 27.0. The Kier molecular flexibility index (Phi) is 5.01. The summed E-state index contributed by atoms with van der Waals surface area (Å²) in [7, 11) is 0. The number of nitrogens with zero attached hydrogens (tertiary/aromatic N) is 2. The van der Waals surface area contributed by atoms with Crippen LogP contribution in [-0.4, -0.2) is 28.9 Å². The van der Waals surface area contributed by atoms with Crippen molar-refractivity contribution < 1.29 is 4.79 Å². The average molecular weight is 358 g/mol. The van der Waals surface area contributed by atoms with Gasteiger partial charge in [-0.1, -0.05) is 6.92 Å². The van der Waals surface area contributed by atoms with E-state index < -0.39 is 0 Å². The molecule has 2 fully saturated rings. The van der Waals surface area contributed by atoms with Crippen molar-refractivity contribution >= 4 is 30.7 Å². The molecule has 0 radical (unpaired) electrons. The van der Waals surface area contributed by atoms with Gasteiger partial charge in [0.05, 0.1) is 5.41 Å². The molecule has 4 nitrogen and oxygen atoms in total. The van der Waals surface area contributed by atoms with Crippen molar-refractivity contribution in [1.29, 1.82) is 0 Å². The fourth-order valence-corrected chi connectivity index (χ4v) is 4.46. The summed E-state index contributed by atoms with van der Waals surface area (Å²) in [5.74, 6) is 0.359. The Morgan fingerprint density at radius 2 is 1.87 bits per heavy atom. The number of amides is 1. The van der Waals surface area contributed by atoms with Crippen LogP contribution in [-0.2, 0) is 17.9 Å². The van der Waals surface area contributed by atoms with E-state index in [0.29, 0.717) is 5.91 Å². The van der Waals surface area contributed by atoms with Gasteiger partial charge in [0.1, 0.15) is 0 Å². The van der Waals surface area contributed by atoms with Gasteiger partial charge >= 0.3 is 0 Å². The molecule has 1 aromatic rings. The lowest BCUT2D eigenvalue weighted by Gasteiger charge is -2.29. The number of aromatic nitrogens is 1. The van der Waals surface area contributed by atoms with Crippen LogP contribution in [0, 0.1) is 17.8 Å². The van der Waals surface area contributed by atoms with Crippen LogP contribution in [0.1, 0.15) is 43.0 Å². The summed E-state index contributed by atoms with van der Waals surface area (Å²) in [6.07, 6.45) is 5.31. The number of carbonyl (C=O) groups is 1. The van der Waals surface area contributed by atoms with Crippen LogP contribution in [0.4, 0.5) is 0 Å². The molecule has 1 saturated heterocycles. The number of hydrogen-bond donors (Lipinski definition) is 1. The SMILES string of the molecule is Cc1cc2c(cn1)CN(C(=O)C1(C)CC13CCNCC3)C2.Cl.Cl. The molecular weight excluding hydrogens is 333 g/mol. The minimum atomic E-state index is -0.125. The summed E-state index contributed by atoms with van der Waals surface area (Å²) in [6, 6.07) is 2.12. The zero-order valence-corrected chi connectivity index (χ0v) is 15.4. The van der Waals surface area contributed by atoms with Crippen LogP contribution in [0.2, 0.25) is 0 Å². The van der Waals surface area contributed by atoms with Gasteiger partial charge < -0.3 is 10.2 Å². The van der Waals surface area contributed by atoms with Crippen molar-refractivity contribution in [3.05, 3.63) is 29.1 Å². The molecule has 1 amide bonds. The molecule has 2 aliphatic heterocycles. The van der Waals surface area contributed by atoms with Crippen molar-refractivity contribution in [3.8, 4) is 0 Å². The lowest BCUT2D eigenvalue weighted by Crippen LogP contribution is -2.38. The third-order valence-corrected chi connectivity index (χ3v) is 6.00. The van der Waals surface area contributed by atoms with Gasteiger partial charge in [0, 0.05) is 25.0 Å². The first-order valence-electron chi connectivity index (χ1n) is 7.99. The standard InChI is InChI=1S/C17H23N3O.2ClH/c1-12-7-13-9-20(10-14(13)8-19-12)15(21)16(2)11-17(16)3-5-18-6-4-17;;/h7-8,18H,3-6,9-11H2,1-2H3;2*1H. The molecule has 1 unspecified atom stereocenters. The van der Waals surface area contributed by atoms with Crippen LogP contribution < -0.4 is 5.32 Å². The number of fused-ring (bicyclic) bond motifs is 1. The Morgan fingerprint density at radius 3 is 2.57 bits per heavy atom. The molecule has 1 N–H and O–H groups in total. The van der Waals surface area contributed by atoms with Gasteiger partial charge in [-0.25, -0.2) is 0 Å². The molecule has 6 heteroatoms. The van der Waals surface area contributed by atoms with Gasteiger partial charge in [0.2, 0.25) is 5.91 Å². The predicted octanol–water partition coefficient (Wildman–Crippen LogP) is 2.86. The Labute approximate surface area is 150 Å². The van der Waals surface area contributed by atoms with E-state index in [-0.39, 0.29) is 35.6 Å². The summed E-state index contributed by atoms with van der Waals surface area (Å²) < 4.78 is 0.